The summed E-state index contributed by atoms with van der Waals surface area (Å²) >= 11 is 3.60. The number of nitrogens with one attached hydrogen (secondary N) is 1. The molecule has 1 aromatic heterocycles. The molecule has 5 nitrogen and oxygen atoms in total. The zero-order chi connectivity index (χ0) is 23.0. The highest BCUT2D eigenvalue weighted by Gasteiger charge is 2.47. The van der Waals surface area contributed by atoms with E-state index in [1.807, 2.05) is 96.4 Å². The van der Waals surface area contributed by atoms with Crippen molar-refractivity contribution in [3.8, 4) is 0 Å². The van der Waals surface area contributed by atoms with Gasteiger partial charge in [-0.2, -0.15) is 0 Å². The molecule has 0 saturated heterocycles. The van der Waals surface area contributed by atoms with Crippen LogP contribution in [0.1, 0.15) is 28.5 Å². The van der Waals surface area contributed by atoms with Gasteiger partial charge in [0.15, 0.2) is 0 Å². The van der Waals surface area contributed by atoms with Gasteiger partial charge in [-0.25, -0.2) is 0 Å². The molecule has 33 heavy (non-hydrogen) atoms. The maximum atomic E-state index is 13.8. The van der Waals surface area contributed by atoms with Crippen LogP contribution in [0.15, 0.2) is 89.4 Å². The maximum Gasteiger partial charge on any atom is 0.271 e. The summed E-state index contributed by atoms with van der Waals surface area (Å²) in [5.74, 6) is -0.319. The van der Waals surface area contributed by atoms with Crippen molar-refractivity contribution in [3.63, 3.8) is 0 Å². The van der Waals surface area contributed by atoms with Crippen molar-refractivity contribution in [2.24, 2.45) is 0 Å². The first kappa shape index (κ1) is 21.5. The molecule has 3 aromatic carbocycles. The molecule has 2 amide bonds. The maximum absolute atomic E-state index is 13.8. The van der Waals surface area contributed by atoms with Gasteiger partial charge in [-0.3, -0.25) is 9.59 Å². The summed E-state index contributed by atoms with van der Waals surface area (Å²) in [4.78, 5) is 29.2. The third kappa shape index (κ3) is 3.85. The molecule has 6 heteroatoms. The molecular formula is C27H24BrN3O2. The van der Waals surface area contributed by atoms with Gasteiger partial charge in [0, 0.05) is 28.5 Å². The summed E-state index contributed by atoms with van der Waals surface area (Å²) in [7, 11) is 0. The molecule has 0 spiro atoms. The largest absolute Gasteiger partial charge is 0.350 e. The lowest BCUT2D eigenvalue weighted by Gasteiger charge is -2.44. The predicted octanol–water partition coefficient (Wildman–Crippen LogP) is 5.13. The van der Waals surface area contributed by atoms with E-state index < -0.39 is 5.54 Å². The molecule has 1 atom stereocenters. The highest BCUT2D eigenvalue weighted by molar-refractivity contribution is 9.10. The Bertz CT molecular complexity index is 1350. The first-order valence-corrected chi connectivity index (χ1v) is 11.7. The molecule has 0 aliphatic carbocycles. The Labute approximate surface area is 201 Å². The number of carbonyl (C=O) groups excluding carboxylic acids is 2. The molecule has 5 rings (SSSR count). The molecule has 0 saturated carbocycles. The molecule has 4 aromatic rings. The Morgan fingerprint density at radius 2 is 1.70 bits per heavy atom. The number of hydrogen-bond donors (Lipinski definition) is 1. The third-order valence-electron chi connectivity index (χ3n) is 6.41. The van der Waals surface area contributed by atoms with Gasteiger partial charge in [-0.1, -0.05) is 82.7 Å². The van der Waals surface area contributed by atoms with Crippen LogP contribution in [0, 0.1) is 0 Å². The first-order valence-electron chi connectivity index (χ1n) is 10.9. The highest BCUT2D eigenvalue weighted by atomic mass is 79.9. The zero-order valence-electron chi connectivity index (χ0n) is 18.3. The fourth-order valence-corrected chi connectivity index (χ4v) is 4.93. The number of fused-ring (bicyclic) bond motifs is 3. The number of amides is 2. The summed E-state index contributed by atoms with van der Waals surface area (Å²) in [5.41, 5.74) is 2.48. The molecule has 166 valence electrons. The molecule has 1 aliphatic rings. The highest BCUT2D eigenvalue weighted by Crippen LogP contribution is 2.34. The van der Waals surface area contributed by atoms with Crippen LogP contribution < -0.4 is 5.32 Å². The summed E-state index contributed by atoms with van der Waals surface area (Å²) in [6.45, 7) is 2.98. The topological polar surface area (TPSA) is 54.3 Å². The van der Waals surface area contributed by atoms with E-state index in [4.69, 9.17) is 0 Å². The Balaban J connectivity index is 1.55. The van der Waals surface area contributed by atoms with E-state index in [1.165, 1.54) is 0 Å². The van der Waals surface area contributed by atoms with Crippen LogP contribution in [0.3, 0.4) is 0 Å². The van der Waals surface area contributed by atoms with E-state index in [1.54, 1.807) is 4.90 Å². The van der Waals surface area contributed by atoms with E-state index in [0.717, 1.165) is 26.5 Å². The van der Waals surface area contributed by atoms with Crippen LogP contribution in [-0.2, 0) is 24.4 Å². The molecule has 1 aliphatic heterocycles. The van der Waals surface area contributed by atoms with Crippen molar-refractivity contribution in [2.45, 2.75) is 32.1 Å². The van der Waals surface area contributed by atoms with Crippen molar-refractivity contribution >= 4 is 38.6 Å². The number of nitrogens with zero attached hydrogens (tertiary/aromatic N) is 2. The van der Waals surface area contributed by atoms with Gasteiger partial charge in [-0.05, 0) is 36.2 Å². The lowest BCUT2D eigenvalue weighted by molar-refractivity contribution is -0.133. The number of rotatable bonds is 5. The van der Waals surface area contributed by atoms with Crippen molar-refractivity contribution in [1.29, 1.82) is 0 Å². The molecular weight excluding hydrogens is 478 g/mol. The first-order chi connectivity index (χ1) is 16.0. The predicted molar refractivity (Wildman–Crippen MR) is 133 cm³/mol. The van der Waals surface area contributed by atoms with Gasteiger partial charge in [0.05, 0.1) is 6.54 Å². The number of para-hydroxylation sites is 1. The summed E-state index contributed by atoms with van der Waals surface area (Å²) in [5, 5.41) is 4.07. The van der Waals surface area contributed by atoms with Crippen molar-refractivity contribution in [2.75, 3.05) is 0 Å². The molecule has 0 bridgehead atoms. The van der Waals surface area contributed by atoms with Crippen molar-refractivity contribution in [3.05, 3.63) is 106 Å². The number of hydrogen-bond acceptors (Lipinski definition) is 2. The minimum Gasteiger partial charge on any atom is -0.350 e. The van der Waals surface area contributed by atoms with Gasteiger partial charge < -0.3 is 14.8 Å². The van der Waals surface area contributed by atoms with Crippen LogP contribution in [0.25, 0.3) is 10.9 Å². The van der Waals surface area contributed by atoms with Crippen LogP contribution >= 0.6 is 15.9 Å². The number of benzene rings is 3. The summed E-state index contributed by atoms with van der Waals surface area (Å²) in [6, 6.07) is 27.5. The monoisotopic (exact) mass is 501 g/mol. The van der Waals surface area contributed by atoms with E-state index in [0.29, 0.717) is 25.3 Å². The number of carbonyl (C=O) groups is 2. The lowest BCUT2D eigenvalue weighted by atomic mass is 9.93. The van der Waals surface area contributed by atoms with E-state index in [-0.39, 0.29) is 11.8 Å². The standard InChI is InChI=1S/C27H24BrN3O2/c1-27(26(33)29-16-19-9-3-2-4-10-19)18-30-23-14-8-6-11-20(23)15-24(30)25(32)31(27)17-21-12-5-7-13-22(21)28/h2-15H,16-18H2,1H3,(H,29,33). The third-order valence-corrected chi connectivity index (χ3v) is 7.18. The van der Waals surface area contributed by atoms with Crippen LogP contribution in [0.2, 0.25) is 0 Å². The fraction of sp³-hybridized carbons (Fsp3) is 0.185. The Kier molecular flexibility index (Phi) is 5.54. The van der Waals surface area contributed by atoms with Crippen LogP contribution in [0.5, 0.6) is 0 Å². The molecule has 2 heterocycles. The van der Waals surface area contributed by atoms with Crippen LogP contribution in [0.4, 0.5) is 0 Å². The number of aromatic nitrogens is 1. The van der Waals surface area contributed by atoms with Gasteiger partial charge in [0.1, 0.15) is 11.2 Å². The minimum atomic E-state index is -1.06. The van der Waals surface area contributed by atoms with Gasteiger partial charge >= 0.3 is 0 Å². The smallest absolute Gasteiger partial charge is 0.271 e. The van der Waals surface area contributed by atoms with E-state index in [2.05, 4.69) is 21.2 Å². The molecule has 1 N–H and O–H groups in total. The molecule has 1 unspecified atom stereocenters. The second kappa shape index (κ2) is 8.52. The Morgan fingerprint density at radius 3 is 2.48 bits per heavy atom. The van der Waals surface area contributed by atoms with E-state index >= 15 is 0 Å². The van der Waals surface area contributed by atoms with Gasteiger partial charge in [0.2, 0.25) is 5.91 Å². The summed E-state index contributed by atoms with van der Waals surface area (Å²) in [6.07, 6.45) is 0. The molecule has 0 fully saturated rings. The van der Waals surface area contributed by atoms with Gasteiger partial charge in [-0.15, -0.1) is 0 Å². The van der Waals surface area contributed by atoms with E-state index in [9.17, 15) is 9.59 Å². The van der Waals surface area contributed by atoms with Crippen molar-refractivity contribution < 1.29 is 9.59 Å². The Morgan fingerprint density at radius 1 is 1.00 bits per heavy atom. The lowest BCUT2D eigenvalue weighted by Crippen LogP contribution is -2.63. The summed E-state index contributed by atoms with van der Waals surface area (Å²) < 4.78 is 2.90. The van der Waals surface area contributed by atoms with Crippen molar-refractivity contribution in [1.82, 2.24) is 14.8 Å². The molecule has 0 radical (unpaired) electrons. The number of halogens is 1. The second-order valence-electron chi connectivity index (χ2n) is 8.60. The average molecular weight is 502 g/mol. The normalized spacial score (nSPS) is 17.8. The average Bonchev–Trinajstić information content (AvgIpc) is 3.20. The van der Waals surface area contributed by atoms with Gasteiger partial charge in [0.25, 0.3) is 5.91 Å². The van der Waals surface area contributed by atoms with Crippen LogP contribution in [-0.4, -0.2) is 26.8 Å². The quantitative estimate of drug-likeness (QED) is 0.411. The fourth-order valence-electron chi connectivity index (χ4n) is 4.52. The Hall–Kier alpha value is -3.38. The SMILES string of the molecule is CC1(C(=O)NCc2ccccc2)Cn2c(cc3ccccc32)C(=O)N1Cc1ccccc1Br. The minimum absolute atomic E-state index is 0.148. The zero-order valence-corrected chi connectivity index (χ0v) is 19.9. The second-order valence-corrected chi connectivity index (χ2v) is 9.45.